The minimum Gasteiger partial charge on any atom is -0.465 e. The van der Waals surface area contributed by atoms with Crippen molar-refractivity contribution in [3.63, 3.8) is 0 Å². The molecule has 0 aliphatic heterocycles. The maximum Gasteiger partial charge on any atom is 0.409 e. The van der Waals surface area contributed by atoms with Crippen LogP contribution in [-0.2, 0) is 0 Å². The summed E-state index contributed by atoms with van der Waals surface area (Å²) in [5.41, 5.74) is 4.62. The Morgan fingerprint density at radius 3 is 1.55 bits per heavy atom. The zero-order valence-corrected chi connectivity index (χ0v) is 11.9. The van der Waals surface area contributed by atoms with Crippen LogP contribution in [0.4, 0.5) is 10.5 Å². The lowest BCUT2D eigenvalue weighted by molar-refractivity contribution is 0.210. The molecule has 0 radical (unpaired) electrons. The van der Waals surface area contributed by atoms with Crippen LogP contribution in [-0.4, -0.2) is 11.2 Å². The van der Waals surface area contributed by atoms with Crippen molar-refractivity contribution in [2.75, 3.05) is 5.32 Å². The molecule has 3 heteroatoms. The number of rotatable bonds is 3. The van der Waals surface area contributed by atoms with E-state index in [2.05, 4.69) is 11.4 Å². The molecule has 0 aromatic heterocycles. The first kappa shape index (κ1) is 13.9. The van der Waals surface area contributed by atoms with E-state index in [-0.39, 0.29) is 0 Å². The van der Waals surface area contributed by atoms with Gasteiger partial charge in [0.25, 0.3) is 0 Å². The SMILES string of the molecule is O=C(O)Nc1cc(-c2ccccc2)cc(-c2ccccc2)c1. The van der Waals surface area contributed by atoms with Gasteiger partial charge in [0.1, 0.15) is 0 Å². The second-order valence-electron chi connectivity index (χ2n) is 4.96. The summed E-state index contributed by atoms with van der Waals surface area (Å²) in [5.74, 6) is 0. The van der Waals surface area contributed by atoms with Crippen LogP contribution < -0.4 is 5.32 Å². The number of hydrogen-bond donors (Lipinski definition) is 2. The van der Waals surface area contributed by atoms with Crippen LogP contribution in [0.15, 0.2) is 78.9 Å². The molecule has 3 nitrogen and oxygen atoms in total. The Kier molecular flexibility index (Phi) is 3.88. The molecule has 0 fully saturated rings. The number of hydrogen-bond acceptors (Lipinski definition) is 1. The van der Waals surface area contributed by atoms with Gasteiger partial charge in [-0.3, -0.25) is 5.32 Å². The summed E-state index contributed by atoms with van der Waals surface area (Å²) in [7, 11) is 0. The molecular weight excluding hydrogens is 274 g/mol. The smallest absolute Gasteiger partial charge is 0.409 e. The molecule has 3 aromatic rings. The van der Waals surface area contributed by atoms with E-state index in [0.717, 1.165) is 22.3 Å². The average molecular weight is 289 g/mol. The molecule has 0 saturated heterocycles. The summed E-state index contributed by atoms with van der Waals surface area (Å²) in [4.78, 5) is 11.0. The van der Waals surface area contributed by atoms with Gasteiger partial charge in [0, 0.05) is 5.69 Å². The highest BCUT2D eigenvalue weighted by Crippen LogP contribution is 2.30. The first-order valence-corrected chi connectivity index (χ1v) is 6.98. The van der Waals surface area contributed by atoms with E-state index >= 15 is 0 Å². The third kappa shape index (κ3) is 3.15. The van der Waals surface area contributed by atoms with Gasteiger partial charge in [-0.15, -0.1) is 0 Å². The summed E-state index contributed by atoms with van der Waals surface area (Å²) < 4.78 is 0. The Bertz CT molecular complexity index is 725. The van der Waals surface area contributed by atoms with Crippen molar-refractivity contribution in [3.05, 3.63) is 78.9 Å². The van der Waals surface area contributed by atoms with Gasteiger partial charge >= 0.3 is 6.09 Å². The van der Waals surface area contributed by atoms with E-state index in [4.69, 9.17) is 5.11 Å². The highest BCUT2D eigenvalue weighted by atomic mass is 16.4. The van der Waals surface area contributed by atoms with Gasteiger partial charge in [-0.2, -0.15) is 0 Å². The summed E-state index contributed by atoms with van der Waals surface area (Å²) in [6.45, 7) is 0. The number of carboxylic acid groups (broad SMARTS) is 1. The molecule has 2 N–H and O–H groups in total. The van der Waals surface area contributed by atoms with Crippen molar-refractivity contribution in [1.82, 2.24) is 0 Å². The van der Waals surface area contributed by atoms with Crippen molar-refractivity contribution in [1.29, 1.82) is 0 Å². The van der Waals surface area contributed by atoms with Crippen LogP contribution in [0.2, 0.25) is 0 Å². The Morgan fingerprint density at radius 2 is 1.14 bits per heavy atom. The molecular formula is C19H15NO2. The summed E-state index contributed by atoms with van der Waals surface area (Å²) >= 11 is 0. The first-order chi connectivity index (χ1) is 10.7. The largest absolute Gasteiger partial charge is 0.465 e. The number of nitrogens with one attached hydrogen (secondary N) is 1. The molecule has 1 amide bonds. The molecule has 0 heterocycles. The zero-order valence-electron chi connectivity index (χ0n) is 11.9. The van der Waals surface area contributed by atoms with Crippen molar-refractivity contribution >= 4 is 11.8 Å². The van der Waals surface area contributed by atoms with E-state index in [1.165, 1.54) is 0 Å². The van der Waals surface area contributed by atoms with Crippen LogP contribution >= 0.6 is 0 Å². The van der Waals surface area contributed by atoms with Crippen LogP contribution in [0.25, 0.3) is 22.3 Å². The van der Waals surface area contributed by atoms with E-state index in [1.807, 2.05) is 72.8 Å². The third-order valence-corrected chi connectivity index (χ3v) is 3.40. The lowest BCUT2D eigenvalue weighted by atomic mass is 9.98. The normalized spacial score (nSPS) is 10.2. The Morgan fingerprint density at radius 1 is 0.682 bits per heavy atom. The summed E-state index contributed by atoms with van der Waals surface area (Å²) in [5, 5.41) is 11.4. The van der Waals surface area contributed by atoms with Crippen LogP contribution in [0, 0.1) is 0 Å². The van der Waals surface area contributed by atoms with E-state index in [1.54, 1.807) is 0 Å². The van der Waals surface area contributed by atoms with Gasteiger partial charge in [0.2, 0.25) is 0 Å². The van der Waals surface area contributed by atoms with Gasteiger partial charge in [0.05, 0.1) is 0 Å². The number of anilines is 1. The zero-order chi connectivity index (χ0) is 15.4. The average Bonchev–Trinajstić information content (AvgIpc) is 2.55. The molecule has 108 valence electrons. The highest BCUT2D eigenvalue weighted by molar-refractivity contribution is 5.87. The maximum atomic E-state index is 11.0. The summed E-state index contributed by atoms with van der Waals surface area (Å²) in [6.07, 6.45) is -1.07. The standard InChI is InChI=1S/C19H15NO2/c21-19(22)20-18-12-16(14-7-3-1-4-8-14)11-17(13-18)15-9-5-2-6-10-15/h1-13,20H,(H,21,22). The molecule has 0 spiro atoms. The van der Waals surface area contributed by atoms with E-state index < -0.39 is 6.09 Å². The lowest BCUT2D eigenvalue weighted by Gasteiger charge is -2.10. The first-order valence-electron chi connectivity index (χ1n) is 6.98. The molecule has 3 aromatic carbocycles. The van der Waals surface area contributed by atoms with Crippen molar-refractivity contribution < 1.29 is 9.90 Å². The maximum absolute atomic E-state index is 11.0. The van der Waals surface area contributed by atoms with Crippen LogP contribution in [0.3, 0.4) is 0 Å². The molecule has 0 aliphatic rings. The second-order valence-corrected chi connectivity index (χ2v) is 4.96. The number of carbonyl (C=O) groups is 1. The number of benzene rings is 3. The minimum absolute atomic E-state index is 0.563. The molecule has 3 rings (SSSR count). The van der Waals surface area contributed by atoms with E-state index in [9.17, 15) is 4.79 Å². The quantitative estimate of drug-likeness (QED) is 0.703. The number of amides is 1. The van der Waals surface area contributed by atoms with Gasteiger partial charge < -0.3 is 5.11 Å². The third-order valence-electron chi connectivity index (χ3n) is 3.40. The van der Waals surface area contributed by atoms with E-state index in [0.29, 0.717) is 5.69 Å². The van der Waals surface area contributed by atoms with Gasteiger partial charge in [-0.05, 0) is 40.5 Å². The molecule has 0 aliphatic carbocycles. The van der Waals surface area contributed by atoms with Gasteiger partial charge in [0.15, 0.2) is 0 Å². The predicted octanol–water partition coefficient (Wildman–Crippen LogP) is 5.11. The monoisotopic (exact) mass is 289 g/mol. The Balaban J connectivity index is 2.12. The topological polar surface area (TPSA) is 49.3 Å². The predicted molar refractivity (Wildman–Crippen MR) is 89.0 cm³/mol. The van der Waals surface area contributed by atoms with Crippen LogP contribution in [0.1, 0.15) is 0 Å². The van der Waals surface area contributed by atoms with Gasteiger partial charge in [-0.25, -0.2) is 4.79 Å². The lowest BCUT2D eigenvalue weighted by Crippen LogP contribution is -2.07. The molecule has 0 saturated carbocycles. The fourth-order valence-electron chi connectivity index (χ4n) is 2.42. The van der Waals surface area contributed by atoms with Crippen molar-refractivity contribution in [2.45, 2.75) is 0 Å². The minimum atomic E-state index is -1.07. The fourth-order valence-corrected chi connectivity index (χ4v) is 2.42. The Hall–Kier alpha value is -3.07. The van der Waals surface area contributed by atoms with Crippen molar-refractivity contribution in [2.24, 2.45) is 0 Å². The molecule has 0 unspecified atom stereocenters. The fraction of sp³-hybridized carbons (Fsp3) is 0. The molecule has 0 atom stereocenters. The second kappa shape index (κ2) is 6.14. The molecule has 0 bridgehead atoms. The highest BCUT2D eigenvalue weighted by Gasteiger charge is 2.07. The van der Waals surface area contributed by atoms with Gasteiger partial charge in [-0.1, -0.05) is 60.7 Å². The Labute approximate surface area is 128 Å². The molecule has 22 heavy (non-hydrogen) atoms. The summed E-state index contributed by atoms with van der Waals surface area (Å²) in [6, 6.07) is 25.6. The van der Waals surface area contributed by atoms with Crippen LogP contribution in [0.5, 0.6) is 0 Å². The van der Waals surface area contributed by atoms with Crippen molar-refractivity contribution in [3.8, 4) is 22.3 Å².